The lowest BCUT2D eigenvalue weighted by Crippen LogP contribution is -2.57. The van der Waals surface area contributed by atoms with E-state index in [0.717, 1.165) is 5.56 Å². The lowest BCUT2D eigenvalue weighted by molar-refractivity contribution is -0.0172. The molecule has 28 heavy (non-hydrogen) atoms. The molecule has 1 N–H and O–H groups in total. The molecule has 0 unspecified atom stereocenters. The van der Waals surface area contributed by atoms with E-state index in [2.05, 4.69) is 10.3 Å². The molecule has 9 heteroatoms. The lowest BCUT2D eigenvalue weighted by Gasteiger charge is -2.39. The maximum atomic E-state index is 13.9. The number of fused-ring (bicyclic) bond motifs is 1. The highest BCUT2D eigenvalue weighted by atomic mass is 32.2. The molecule has 0 aromatic heterocycles. The van der Waals surface area contributed by atoms with Crippen molar-refractivity contribution in [1.82, 2.24) is 10.2 Å². The number of hydrogen-bond donors (Lipinski definition) is 1. The second-order valence-electron chi connectivity index (χ2n) is 7.65. The van der Waals surface area contributed by atoms with E-state index in [9.17, 15) is 12.8 Å². The van der Waals surface area contributed by atoms with E-state index in [4.69, 9.17) is 9.47 Å². The van der Waals surface area contributed by atoms with Crippen LogP contribution >= 0.6 is 0 Å². The fraction of sp³-hybridized carbons (Fsp3) is 0.632. The molecule has 1 saturated heterocycles. The van der Waals surface area contributed by atoms with Crippen LogP contribution in [0.5, 0.6) is 5.75 Å². The van der Waals surface area contributed by atoms with Crippen molar-refractivity contribution in [3.8, 4) is 5.75 Å². The summed E-state index contributed by atoms with van der Waals surface area (Å²) in [7, 11) is -3.12. The third-order valence-corrected chi connectivity index (χ3v) is 7.61. The molecule has 0 radical (unpaired) electrons. The molecular formula is C19H28FN3O4S. The molecule has 2 aliphatic rings. The highest BCUT2D eigenvalue weighted by Gasteiger charge is 2.40. The third-order valence-electron chi connectivity index (χ3n) is 5.07. The zero-order chi connectivity index (χ0) is 20.4. The maximum Gasteiger partial charge on any atom is 0.194 e. The van der Waals surface area contributed by atoms with Crippen LogP contribution in [0.4, 0.5) is 4.39 Å². The number of ether oxygens (including phenoxy) is 2. The molecule has 156 valence electrons. The van der Waals surface area contributed by atoms with E-state index in [1.165, 1.54) is 12.1 Å². The first-order valence-electron chi connectivity index (χ1n) is 9.51. The number of nitrogens with one attached hydrogen (secondary N) is 1. The second kappa shape index (κ2) is 8.24. The summed E-state index contributed by atoms with van der Waals surface area (Å²) in [5.41, 5.74) is 1.47. The van der Waals surface area contributed by atoms with Crippen LogP contribution in [0.2, 0.25) is 0 Å². The van der Waals surface area contributed by atoms with Crippen molar-refractivity contribution in [2.75, 3.05) is 38.7 Å². The van der Waals surface area contributed by atoms with Gasteiger partial charge in [-0.05, 0) is 44.9 Å². The Labute approximate surface area is 165 Å². The van der Waals surface area contributed by atoms with Crippen LogP contribution in [0.25, 0.3) is 0 Å². The lowest BCUT2D eigenvalue weighted by atomic mass is 10.1. The Morgan fingerprint density at radius 3 is 2.89 bits per heavy atom. The molecule has 0 bridgehead atoms. The standard InChI is InChI=1S/C19H28FN3O4S/c1-4-21-18(23-7-8-28(24,25)19(2,3)12-23)22-6-5-14-9-16(20)10-15-11-26-13-27-17(14)15/h9-10H,4-8,11-13H2,1-3H3,(H,21,22). The first-order valence-corrected chi connectivity index (χ1v) is 11.2. The molecular weight excluding hydrogens is 385 g/mol. The van der Waals surface area contributed by atoms with Gasteiger partial charge in [0, 0.05) is 31.7 Å². The van der Waals surface area contributed by atoms with Gasteiger partial charge in [0.05, 0.1) is 17.1 Å². The molecule has 2 aliphatic heterocycles. The Morgan fingerprint density at radius 2 is 2.18 bits per heavy atom. The normalized spacial score (nSPS) is 21.0. The van der Waals surface area contributed by atoms with Gasteiger partial charge in [-0.25, -0.2) is 12.8 Å². The molecule has 2 heterocycles. The van der Waals surface area contributed by atoms with Crippen molar-refractivity contribution in [1.29, 1.82) is 0 Å². The van der Waals surface area contributed by atoms with Crippen molar-refractivity contribution >= 4 is 15.8 Å². The van der Waals surface area contributed by atoms with Gasteiger partial charge in [-0.2, -0.15) is 0 Å². The highest BCUT2D eigenvalue weighted by molar-refractivity contribution is 7.92. The maximum absolute atomic E-state index is 13.9. The van der Waals surface area contributed by atoms with Gasteiger partial charge < -0.3 is 19.7 Å². The van der Waals surface area contributed by atoms with Gasteiger partial charge in [0.1, 0.15) is 11.6 Å². The Morgan fingerprint density at radius 1 is 1.39 bits per heavy atom. The van der Waals surface area contributed by atoms with Crippen LogP contribution in [0.1, 0.15) is 31.9 Å². The van der Waals surface area contributed by atoms with Gasteiger partial charge in [0.15, 0.2) is 22.6 Å². The summed E-state index contributed by atoms with van der Waals surface area (Å²) in [6, 6.07) is 2.91. The SMILES string of the molecule is CCNC(=NCCc1cc(F)cc2c1OCOC2)N1CCS(=O)(=O)C(C)(C)C1. The number of benzene rings is 1. The van der Waals surface area contributed by atoms with E-state index in [0.29, 0.717) is 56.5 Å². The zero-order valence-electron chi connectivity index (χ0n) is 16.6. The topological polar surface area (TPSA) is 80.2 Å². The number of halogens is 1. The van der Waals surface area contributed by atoms with Crippen LogP contribution in [0, 0.1) is 5.82 Å². The van der Waals surface area contributed by atoms with Gasteiger partial charge >= 0.3 is 0 Å². The predicted molar refractivity (Wildman–Crippen MR) is 106 cm³/mol. The fourth-order valence-corrected chi connectivity index (χ4v) is 4.84. The monoisotopic (exact) mass is 413 g/mol. The van der Waals surface area contributed by atoms with E-state index < -0.39 is 14.6 Å². The van der Waals surface area contributed by atoms with Crippen molar-refractivity contribution in [3.05, 3.63) is 29.1 Å². The Kier molecular flexibility index (Phi) is 6.14. The van der Waals surface area contributed by atoms with Crippen molar-refractivity contribution in [2.45, 2.75) is 38.5 Å². The molecule has 1 aromatic rings. The van der Waals surface area contributed by atoms with Crippen molar-refractivity contribution < 1.29 is 22.3 Å². The number of nitrogens with zero attached hydrogens (tertiary/aromatic N) is 2. The second-order valence-corrected chi connectivity index (χ2v) is 10.4. The Hall–Kier alpha value is -1.87. The molecule has 0 atom stereocenters. The minimum absolute atomic E-state index is 0.107. The summed E-state index contributed by atoms with van der Waals surface area (Å²) >= 11 is 0. The van der Waals surface area contributed by atoms with Gasteiger partial charge in [0.25, 0.3) is 0 Å². The molecule has 1 fully saturated rings. The van der Waals surface area contributed by atoms with E-state index in [1.54, 1.807) is 13.8 Å². The summed E-state index contributed by atoms with van der Waals surface area (Å²) in [4.78, 5) is 6.63. The Bertz CT molecular complexity index is 855. The molecule has 0 saturated carbocycles. The van der Waals surface area contributed by atoms with Crippen molar-refractivity contribution in [3.63, 3.8) is 0 Å². The minimum atomic E-state index is -3.12. The van der Waals surface area contributed by atoms with Gasteiger partial charge in [-0.1, -0.05) is 0 Å². The first kappa shape index (κ1) is 20.9. The van der Waals surface area contributed by atoms with Crippen LogP contribution in [-0.4, -0.2) is 62.7 Å². The number of sulfone groups is 1. The molecule has 7 nitrogen and oxygen atoms in total. The van der Waals surface area contributed by atoms with Crippen LogP contribution < -0.4 is 10.1 Å². The molecule has 0 aliphatic carbocycles. The van der Waals surface area contributed by atoms with Crippen molar-refractivity contribution in [2.24, 2.45) is 4.99 Å². The largest absolute Gasteiger partial charge is 0.467 e. The Balaban J connectivity index is 1.73. The summed E-state index contributed by atoms with van der Waals surface area (Å²) < 4.78 is 48.3. The van der Waals surface area contributed by atoms with Gasteiger partial charge in [0.2, 0.25) is 0 Å². The van der Waals surface area contributed by atoms with Crippen LogP contribution in [0.3, 0.4) is 0 Å². The molecule has 0 spiro atoms. The molecule has 1 aromatic carbocycles. The van der Waals surface area contributed by atoms with E-state index in [1.807, 2.05) is 11.8 Å². The molecule has 3 rings (SSSR count). The average Bonchev–Trinajstić information content (AvgIpc) is 2.63. The number of hydrogen-bond acceptors (Lipinski definition) is 5. The number of guanidine groups is 1. The summed E-state index contributed by atoms with van der Waals surface area (Å²) in [6.45, 7) is 7.87. The smallest absolute Gasteiger partial charge is 0.194 e. The zero-order valence-corrected chi connectivity index (χ0v) is 17.4. The summed E-state index contributed by atoms with van der Waals surface area (Å²) in [6.07, 6.45) is 0.518. The van der Waals surface area contributed by atoms with E-state index >= 15 is 0 Å². The highest BCUT2D eigenvalue weighted by Crippen LogP contribution is 2.30. The van der Waals surface area contributed by atoms with Gasteiger partial charge in [-0.15, -0.1) is 0 Å². The third kappa shape index (κ3) is 4.41. The van der Waals surface area contributed by atoms with Gasteiger partial charge in [-0.3, -0.25) is 4.99 Å². The quantitative estimate of drug-likeness (QED) is 0.598. The molecule has 0 amide bonds. The fourth-order valence-electron chi connectivity index (χ4n) is 3.47. The minimum Gasteiger partial charge on any atom is -0.467 e. The summed E-state index contributed by atoms with van der Waals surface area (Å²) in [5.74, 6) is 1.15. The number of aliphatic imine (C=N–C) groups is 1. The average molecular weight is 414 g/mol. The van der Waals surface area contributed by atoms with Crippen LogP contribution in [-0.2, 0) is 27.6 Å². The number of rotatable bonds is 4. The first-order chi connectivity index (χ1) is 13.2. The van der Waals surface area contributed by atoms with E-state index in [-0.39, 0.29) is 18.4 Å². The summed E-state index contributed by atoms with van der Waals surface area (Å²) in [5, 5.41) is 3.23. The predicted octanol–water partition coefficient (Wildman–Crippen LogP) is 1.71. The van der Waals surface area contributed by atoms with Crippen LogP contribution in [0.15, 0.2) is 17.1 Å².